The Morgan fingerprint density at radius 1 is 1.06 bits per heavy atom. The Labute approximate surface area is 204 Å². The molecule has 1 aliphatic rings. The molecule has 1 aromatic heterocycles. The number of aryl methyl sites for hydroxylation is 1. The maximum Gasteiger partial charge on any atom is 0.300 e. The minimum Gasteiger partial charge on any atom is -0.507 e. The van der Waals surface area contributed by atoms with E-state index in [1.54, 1.807) is 67.0 Å². The monoisotopic (exact) mass is 472 g/mol. The summed E-state index contributed by atoms with van der Waals surface area (Å²) >= 11 is 0. The number of rotatable bonds is 7. The van der Waals surface area contributed by atoms with Crippen LogP contribution < -0.4 is 14.4 Å². The first-order valence-corrected chi connectivity index (χ1v) is 11.5. The van der Waals surface area contributed by atoms with Crippen molar-refractivity contribution in [3.8, 4) is 11.5 Å². The van der Waals surface area contributed by atoms with Gasteiger partial charge in [-0.2, -0.15) is 0 Å². The average molecular weight is 473 g/mol. The molecule has 2 heterocycles. The van der Waals surface area contributed by atoms with E-state index in [-0.39, 0.29) is 17.4 Å². The molecule has 1 N–H and O–H groups in total. The Balaban J connectivity index is 1.84. The molecule has 0 saturated carbocycles. The van der Waals surface area contributed by atoms with Gasteiger partial charge in [0.25, 0.3) is 11.7 Å². The molecule has 1 fully saturated rings. The molecule has 3 aromatic rings. The number of benzene rings is 2. The number of amides is 1. The summed E-state index contributed by atoms with van der Waals surface area (Å²) in [5, 5.41) is 11.3. The number of hydrogen-bond donors (Lipinski definition) is 1. The van der Waals surface area contributed by atoms with Crippen LogP contribution in [0.5, 0.6) is 11.5 Å². The van der Waals surface area contributed by atoms with Gasteiger partial charge in [-0.15, -0.1) is 0 Å². The normalized spacial score (nSPS) is 17.2. The van der Waals surface area contributed by atoms with Gasteiger partial charge in [0.15, 0.2) is 0 Å². The molecule has 1 aliphatic heterocycles. The molecular formula is C28H28N2O5. The molecule has 1 amide bonds. The quantitative estimate of drug-likeness (QED) is 0.289. The molecule has 1 unspecified atom stereocenters. The van der Waals surface area contributed by atoms with Gasteiger partial charge in [-0.1, -0.05) is 0 Å². The second-order valence-electron chi connectivity index (χ2n) is 8.52. The highest BCUT2D eigenvalue weighted by atomic mass is 16.5. The number of nitrogens with zero attached hydrogens (tertiary/aromatic N) is 2. The van der Waals surface area contributed by atoms with Crippen molar-refractivity contribution in [1.29, 1.82) is 0 Å². The molecule has 7 heteroatoms. The van der Waals surface area contributed by atoms with Gasteiger partial charge < -0.3 is 14.6 Å². The fourth-order valence-electron chi connectivity index (χ4n) is 4.17. The van der Waals surface area contributed by atoms with Crippen LogP contribution in [0.2, 0.25) is 0 Å². The maximum absolute atomic E-state index is 13.3. The first-order valence-electron chi connectivity index (χ1n) is 11.5. The van der Waals surface area contributed by atoms with E-state index in [0.29, 0.717) is 34.9 Å². The number of carbonyl (C=O) groups excluding carboxylic acids is 2. The second kappa shape index (κ2) is 10.0. The van der Waals surface area contributed by atoms with E-state index in [1.165, 1.54) is 4.90 Å². The molecule has 0 spiro atoms. The zero-order chi connectivity index (χ0) is 25.1. The zero-order valence-corrected chi connectivity index (χ0v) is 20.2. The number of hydrogen-bond acceptors (Lipinski definition) is 6. The molecule has 1 saturated heterocycles. The lowest BCUT2D eigenvalue weighted by Crippen LogP contribution is -2.29. The number of anilines is 1. The van der Waals surface area contributed by atoms with Gasteiger partial charge >= 0.3 is 0 Å². The van der Waals surface area contributed by atoms with Gasteiger partial charge in [0.05, 0.1) is 24.3 Å². The summed E-state index contributed by atoms with van der Waals surface area (Å²) in [5.41, 5.74) is 2.44. The Hall–Kier alpha value is -4.13. The van der Waals surface area contributed by atoms with Crippen molar-refractivity contribution in [2.24, 2.45) is 0 Å². The molecule has 1 atom stereocenters. The van der Waals surface area contributed by atoms with Crippen LogP contribution in [0, 0.1) is 6.92 Å². The lowest BCUT2D eigenvalue weighted by atomic mass is 9.95. The third-order valence-electron chi connectivity index (χ3n) is 5.70. The summed E-state index contributed by atoms with van der Waals surface area (Å²) < 4.78 is 11.3. The summed E-state index contributed by atoms with van der Waals surface area (Å²) in [6.45, 7) is 8.14. The van der Waals surface area contributed by atoms with E-state index in [4.69, 9.17) is 9.47 Å². The fourth-order valence-corrected chi connectivity index (χ4v) is 4.17. The van der Waals surface area contributed by atoms with Crippen LogP contribution in [0.25, 0.3) is 5.76 Å². The third kappa shape index (κ3) is 4.75. The van der Waals surface area contributed by atoms with Crippen molar-refractivity contribution in [2.75, 3.05) is 11.5 Å². The highest BCUT2D eigenvalue weighted by Gasteiger charge is 2.47. The SMILES string of the molecule is CCOc1ccc(N2C(=O)C(=O)/C(=C(\O)c3ccc(OC(C)C)c(C)c3)C2c2ccncc2)cc1. The lowest BCUT2D eigenvalue weighted by Gasteiger charge is -2.25. The highest BCUT2D eigenvalue weighted by Crippen LogP contribution is 2.42. The van der Waals surface area contributed by atoms with Gasteiger partial charge in [0, 0.05) is 23.6 Å². The van der Waals surface area contributed by atoms with E-state index in [0.717, 1.165) is 5.56 Å². The number of Topliss-reactive ketones (excluding diaryl/α,β-unsaturated/α-hetero) is 1. The first kappa shape index (κ1) is 24.0. The number of aliphatic hydroxyl groups is 1. The molecule has 7 nitrogen and oxygen atoms in total. The highest BCUT2D eigenvalue weighted by molar-refractivity contribution is 6.51. The lowest BCUT2D eigenvalue weighted by molar-refractivity contribution is -0.132. The topological polar surface area (TPSA) is 89.0 Å². The zero-order valence-electron chi connectivity index (χ0n) is 20.2. The van der Waals surface area contributed by atoms with E-state index in [2.05, 4.69) is 4.98 Å². The van der Waals surface area contributed by atoms with Gasteiger partial charge in [-0.05, 0) is 93.4 Å². The summed E-state index contributed by atoms with van der Waals surface area (Å²) in [4.78, 5) is 32.0. The predicted octanol–water partition coefficient (Wildman–Crippen LogP) is 5.20. The van der Waals surface area contributed by atoms with Crippen LogP contribution in [0.4, 0.5) is 5.69 Å². The van der Waals surface area contributed by atoms with Crippen molar-refractivity contribution >= 4 is 23.1 Å². The standard InChI is InChI=1S/C28H28N2O5/c1-5-34-22-9-7-21(8-10-22)30-25(19-12-14-29-15-13-19)24(27(32)28(30)33)26(31)20-6-11-23(18(4)16-20)35-17(2)3/h6-17,25,31H,5H2,1-4H3/b26-24-. The number of carbonyl (C=O) groups is 2. The number of aromatic nitrogens is 1. The van der Waals surface area contributed by atoms with Crippen LogP contribution in [0.1, 0.15) is 43.5 Å². The number of ketones is 1. The third-order valence-corrected chi connectivity index (χ3v) is 5.70. The van der Waals surface area contributed by atoms with Crippen LogP contribution in [0.15, 0.2) is 72.6 Å². The Morgan fingerprint density at radius 2 is 1.74 bits per heavy atom. The number of ether oxygens (including phenoxy) is 2. The Bertz CT molecular complexity index is 1270. The van der Waals surface area contributed by atoms with Gasteiger partial charge in [-0.25, -0.2) is 0 Å². The number of aliphatic hydroxyl groups excluding tert-OH is 1. The summed E-state index contributed by atoms with van der Waals surface area (Å²) in [7, 11) is 0. The maximum atomic E-state index is 13.3. The van der Waals surface area contributed by atoms with E-state index >= 15 is 0 Å². The predicted molar refractivity (Wildman–Crippen MR) is 134 cm³/mol. The molecule has 0 radical (unpaired) electrons. The molecular weight excluding hydrogens is 444 g/mol. The summed E-state index contributed by atoms with van der Waals surface area (Å²) in [6.07, 6.45) is 3.19. The Morgan fingerprint density at radius 3 is 2.34 bits per heavy atom. The van der Waals surface area contributed by atoms with Crippen molar-refractivity contribution in [1.82, 2.24) is 4.98 Å². The van der Waals surface area contributed by atoms with Gasteiger partial charge in [-0.3, -0.25) is 19.5 Å². The van der Waals surface area contributed by atoms with E-state index in [9.17, 15) is 14.7 Å². The van der Waals surface area contributed by atoms with Crippen LogP contribution >= 0.6 is 0 Å². The minimum atomic E-state index is -0.817. The van der Waals surface area contributed by atoms with Crippen molar-refractivity contribution in [3.63, 3.8) is 0 Å². The smallest absolute Gasteiger partial charge is 0.300 e. The first-order chi connectivity index (χ1) is 16.8. The van der Waals surface area contributed by atoms with Crippen molar-refractivity contribution < 1.29 is 24.2 Å². The number of pyridine rings is 1. The molecule has 0 bridgehead atoms. The molecule has 0 aliphatic carbocycles. The second-order valence-corrected chi connectivity index (χ2v) is 8.52. The van der Waals surface area contributed by atoms with Crippen LogP contribution in [0.3, 0.4) is 0 Å². The molecule has 180 valence electrons. The largest absolute Gasteiger partial charge is 0.507 e. The molecule has 2 aromatic carbocycles. The molecule has 4 rings (SSSR count). The van der Waals surface area contributed by atoms with Crippen LogP contribution in [-0.4, -0.2) is 34.5 Å². The van der Waals surface area contributed by atoms with Crippen molar-refractivity contribution in [3.05, 3.63) is 89.3 Å². The fraction of sp³-hybridized carbons (Fsp3) is 0.250. The van der Waals surface area contributed by atoms with Gasteiger partial charge in [0.2, 0.25) is 0 Å². The van der Waals surface area contributed by atoms with Gasteiger partial charge in [0.1, 0.15) is 17.3 Å². The molecule has 35 heavy (non-hydrogen) atoms. The van der Waals surface area contributed by atoms with Crippen molar-refractivity contribution in [2.45, 2.75) is 39.8 Å². The van der Waals surface area contributed by atoms with E-state index in [1.807, 2.05) is 27.7 Å². The summed E-state index contributed by atoms with van der Waals surface area (Å²) in [5.74, 6) is -0.352. The summed E-state index contributed by atoms with van der Waals surface area (Å²) in [6, 6.07) is 14.8. The van der Waals surface area contributed by atoms with E-state index < -0.39 is 17.7 Å². The Kier molecular flexibility index (Phi) is 6.87. The van der Waals surface area contributed by atoms with Crippen LogP contribution in [-0.2, 0) is 9.59 Å². The minimum absolute atomic E-state index is 0.000670. The average Bonchev–Trinajstić information content (AvgIpc) is 3.11.